The highest BCUT2D eigenvalue weighted by atomic mass is 16.5. The van der Waals surface area contributed by atoms with Crippen LogP contribution in [0.5, 0.6) is 0 Å². The molecular formula is C20H30N4O3. The second kappa shape index (κ2) is 8.25. The molecule has 2 aliphatic rings. The third-order valence-electron chi connectivity index (χ3n) is 5.09. The fourth-order valence-electron chi connectivity index (χ4n) is 3.64. The van der Waals surface area contributed by atoms with E-state index >= 15 is 0 Å². The van der Waals surface area contributed by atoms with Gasteiger partial charge < -0.3 is 19.9 Å². The van der Waals surface area contributed by atoms with Crippen LogP contribution in [-0.2, 0) is 20.9 Å². The predicted octanol–water partition coefficient (Wildman–Crippen LogP) is 1.57. The van der Waals surface area contributed by atoms with Crippen LogP contribution in [0.1, 0.15) is 39.2 Å². The number of pyridine rings is 1. The fraction of sp³-hybridized carbons (Fsp3) is 0.650. The van der Waals surface area contributed by atoms with Crippen LogP contribution >= 0.6 is 0 Å². The maximum atomic E-state index is 12.8. The standard InChI is InChI=1S/C20H30N4O3/c1-20(2,3)19(26)24-9-5-7-16(24)18(25)22-14-15-6-4-8-21-17(15)23-10-12-27-13-11-23/h4,6,8,16H,5,7,9-14H2,1-3H3,(H,22,25). The lowest BCUT2D eigenvalue weighted by Gasteiger charge is -2.31. The molecule has 0 aromatic carbocycles. The molecule has 2 amide bonds. The van der Waals surface area contributed by atoms with Crippen LogP contribution < -0.4 is 10.2 Å². The molecule has 148 valence electrons. The molecule has 7 nitrogen and oxygen atoms in total. The normalized spacial score (nSPS) is 20.6. The van der Waals surface area contributed by atoms with Gasteiger partial charge in [-0.1, -0.05) is 26.8 Å². The van der Waals surface area contributed by atoms with Gasteiger partial charge in [0.2, 0.25) is 11.8 Å². The Morgan fingerprint density at radius 1 is 1.26 bits per heavy atom. The molecule has 2 fully saturated rings. The topological polar surface area (TPSA) is 74.8 Å². The van der Waals surface area contributed by atoms with E-state index in [1.165, 1.54) is 0 Å². The lowest BCUT2D eigenvalue weighted by atomic mass is 9.94. The number of morpholine rings is 1. The van der Waals surface area contributed by atoms with Crippen LogP contribution in [0.4, 0.5) is 5.82 Å². The average molecular weight is 374 g/mol. The van der Waals surface area contributed by atoms with Crippen LogP contribution in [-0.4, -0.2) is 60.6 Å². The van der Waals surface area contributed by atoms with Crippen molar-refractivity contribution in [3.8, 4) is 0 Å². The number of nitrogens with one attached hydrogen (secondary N) is 1. The van der Waals surface area contributed by atoms with Gasteiger partial charge in [0, 0.05) is 43.4 Å². The van der Waals surface area contributed by atoms with E-state index in [-0.39, 0.29) is 17.9 Å². The highest BCUT2D eigenvalue weighted by molar-refractivity contribution is 5.90. The molecule has 0 radical (unpaired) electrons. The molecule has 7 heteroatoms. The quantitative estimate of drug-likeness (QED) is 0.866. The lowest BCUT2D eigenvalue weighted by Crippen LogP contribution is -2.49. The summed E-state index contributed by atoms with van der Waals surface area (Å²) in [4.78, 5) is 33.9. The molecule has 0 bridgehead atoms. The number of rotatable bonds is 4. The third-order valence-corrected chi connectivity index (χ3v) is 5.09. The Labute approximate surface area is 161 Å². The molecule has 1 N–H and O–H groups in total. The zero-order valence-corrected chi connectivity index (χ0v) is 16.5. The number of aromatic nitrogens is 1. The van der Waals surface area contributed by atoms with Gasteiger partial charge in [-0.25, -0.2) is 4.98 Å². The molecule has 3 rings (SSSR count). The minimum Gasteiger partial charge on any atom is -0.378 e. The van der Waals surface area contributed by atoms with Crippen molar-refractivity contribution in [1.29, 1.82) is 0 Å². The lowest BCUT2D eigenvalue weighted by molar-refractivity contribution is -0.144. The SMILES string of the molecule is CC(C)(C)C(=O)N1CCCC1C(=O)NCc1cccnc1N1CCOCC1. The van der Waals surface area contributed by atoms with Crippen molar-refractivity contribution >= 4 is 17.6 Å². The monoisotopic (exact) mass is 374 g/mol. The van der Waals surface area contributed by atoms with Crippen molar-refractivity contribution < 1.29 is 14.3 Å². The van der Waals surface area contributed by atoms with Gasteiger partial charge in [-0.3, -0.25) is 9.59 Å². The molecule has 27 heavy (non-hydrogen) atoms. The van der Waals surface area contributed by atoms with Gasteiger partial charge in [0.15, 0.2) is 0 Å². The van der Waals surface area contributed by atoms with E-state index in [1.807, 2.05) is 32.9 Å². The highest BCUT2D eigenvalue weighted by Gasteiger charge is 2.38. The maximum Gasteiger partial charge on any atom is 0.243 e. The van der Waals surface area contributed by atoms with Crippen molar-refractivity contribution in [3.63, 3.8) is 0 Å². The maximum absolute atomic E-state index is 12.8. The van der Waals surface area contributed by atoms with E-state index in [4.69, 9.17) is 4.74 Å². The Morgan fingerprint density at radius 2 is 2.00 bits per heavy atom. The second-order valence-electron chi connectivity index (χ2n) is 8.21. The van der Waals surface area contributed by atoms with E-state index in [9.17, 15) is 9.59 Å². The molecule has 0 aliphatic carbocycles. The molecule has 1 aromatic rings. The average Bonchev–Trinajstić information content (AvgIpc) is 3.15. The number of hydrogen-bond donors (Lipinski definition) is 1. The minimum atomic E-state index is -0.476. The Kier molecular flexibility index (Phi) is 5.99. The van der Waals surface area contributed by atoms with Crippen LogP contribution in [0.3, 0.4) is 0 Å². The van der Waals surface area contributed by atoms with Crippen molar-refractivity contribution in [2.75, 3.05) is 37.7 Å². The predicted molar refractivity (Wildman–Crippen MR) is 103 cm³/mol. The van der Waals surface area contributed by atoms with Gasteiger partial charge in [0.25, 0.3) is 0 Å². The summed E-state index contributed by atoms with van der Waals surface area (Å²) < 4.78 is 5.41. The first-order valence-electron chi connectivity index (χ1n) is 9.73. The Balaban J connectivity index is 1.65. The van der Waals surface area contributed by atoms with Gasteiger partial charge in [-0.05, 0) is 18.9 Å². The fourth-order valence-corrected chi connectivity index (χ4v) is 3.64. The summed E-state index contributed by atoms with van der Waals surface area (Å²) in [5.41, 5.74) is 0.509. The third kappa shape index (κ3) is 4.58. The highest BCUT2D eigenvalue weighted by Crippen LogP contribution is 2.26. The Bertz CT molecular complexity index is 680. The molecule has 2 aliphatic heterocycles. The second-order valence-corrected chi connectivity index (χ2v) is 8.21. The van der Waals surface area contributed by atoms with Crippen LogP contribution in [0.15, 0.2) is 18.3 Å². The number of nitrogens with zero attached hydrogens (tertiary/aromatic N) is 3. The number of anilines is 1. The number of carbonyl (C=O) groups excluding carboxylic acids is 2. The summed E-state index contributed by atoms with van der Waals surface area (Å²) in [6.07, 6.45) is 3.36. The summed E-state index contributed by atoms with van der Waals surface area (Å²) >= 11 is 0. The van der Waals surface area contributed by atoms with Crippen LogP contribution in [0.2, 0.25) is 0 Å². The van der Waals surface area contributed by atoms with Crippen molar-refractivity contribution in [3.05, 3.63) is 23.9 Å². The van der Waals surface area contributed by atoms with Gasteiger partial charge in [0.05, 0.1) is 13.2 Å². The first-order valence-corrected chi connectivity index (χ1v) is 9.73. The number of ether oxygens (including phenoxy) is 1. The number of hydrogen-bond acceptors (Lipinski definition) is 5. The number of carbonyl (C=O) groups is 2. The van der Waals surface area contributed by atoms with Gasteiger partial charge in [0.1, 0.15) is 11.9 Å². The van der Waals surface area contributed by atoms with E-state index in [0.717, 1.165) is 37.3 Å². The molecule has 0 spiro atoms. The zero-order chi connectivity index (χ0) is 19.4. The van der Waals surface area contributed by atoms with Crippen molar-refractivity contribution in [2.45, 2.75) is 46.2 Å². The summed E-state index contributed by atoms with van der Waals surface area (Å²) in [6, 6.07) is 3.50. The van der Waals surface area contributed by atoms with E-state index < -0.39 is 5.41 Å². The molecule has 0 saturated carbocycles. The number of likely N-dealkylation sites (tertiary alicyclic amines) is 1. The first kappa shape index (κ1) is 19.6. The largest absolute Gasteiger partial charge is 0.378 e. The molecular weight excluding hydrogens is 344 g/mol. The van der Waals surface area contributed by atoms with Crippen molar-refractivity contribution in [2.24, 2.45) is 5.41 Å². The van der Waals surface area contributed by atoms with Crippen LogP contribution in [0.25, 0.3) is 0 Å². The molecule has 2 saturated heterocycles. The summed E-state index contributed by atoms with van der Waals surface area (Å²) in [6.45, 7) is 9.73. The zero-order valence-electron chi connectivity index (χ0n) is 16.5. The molecule has 1 unspecified atom stereocenters. The van der Waals surface area contributed by atoms with E-state index in [0.29, 0.717) is 26.3 Å². The Hall–Kier alpha value is -2.15. The van der Waals surface area contributed by atoms with Gasteiger partial charge in [-0.15, -0.1) is 0 Å². The van der Waals surface area contributed by atoms with E-state index in [2.05, 4.69) is 15.2 Å². The smallest absolute Gasteiger partial charge is 0.243 e. The summed E-state index contributed by atoms with van der Waals surface area (Å²) in [5.74, 6) is 0.854. The van der Waals surface area contributed by atoms with Gasteiger partial charge >= 0.3 is 0 Å². The van der Waals surface area contributed by atoms with E-state index in [1.54, 1.807) is 11.1 Å². The number of amides is 2. The van der Waals surface area contributed by atoms with Crippen molar-refractivity contribution in [1.82, 2.24) is 15.2 Å². The summed E-state index contributed by atoms with van der Waals surface area (Å²) in [7, 11) is 0. The Morgan fingerprint density at radius 3 is 2.70 bits per heavy atom. The van der Waals surface area contributed by atoms with Crippen LogP contribution in [0, 0.1) is 5.41 Å². The molecule has 1 atom stereocenters. The summed E-state index contributed by atoms with van der Waals surface area (Å²) in [5, 5.41) is 3.03. The molecule has 3 heterocycles. The van der Waals surface area contributed by atoms with Gasteiger partial charge in [-0.2, -0.15) is 0 Å². The minimum absolute atomic E-state index is 0.0375. The molecule has 1 aromatic heterocycles. The first-order chi connectivity index (χ1) is 12.9.